The van der Waals surface area contributed by atoms with Crippen molar-refractivity contribution in [1.82, 2.24) is 4.98 Å². The van der Waals surface area contributed by atoms with Crippen molar-refractivity contribution in [3.8, 4) is 33.4 Å². The van der Waals surface area contributed by atoms with E-state index in [1.54, 1.807) is 6.20 Å². The highest BCUT2D eigenvalue weighted by molar-refractivity contribution is 6.13. The standard InChI is InChI=1S/C49H32N2O/c1-2-8-33(9-3-1)34-14-21-39(22-15-34)51(40-23-16-35(17-24-40)37-20-27-45-46-28-29-50-32-49(46)52-48(45)31-37)41-25-18-36(19-26-41)47-30-38-10-4-5-11-42(38)43-12-6-7-13-44(43)47/h1-32H. The second-order valence-electron chi connectivity index (χ2n) is 13.2. The van der Waals surface area contributed by atoms with Gasteiger partial charge in [-0.2, -0.15) is 0 Å². The van der Waals surface area contributed by atoms with Crippen LogP contribution in [0.3, 0.4) is 0 Å². The molecule has 0 saturated heterocycles. The number of benzene rings is 8. The summed E-state index contributed by atoms with van der Waals surface area (Å²) in [6.45, 7) is 0. The molecule has 0 spiro atoms. The van der Waals surface area contributed by atoms with Gasteiger partial charge in [0, 0.05) is 34.0 Å². The average Bonchev–Trinajstić information content (AvgIpc) is 3.60. The van der Waals surface area contributed by atoms with E-state index in [4.69, 9.17) is 4.42 Å². The third-order valence-corrected chi connectivity index (χ3v) is 10.2. The quantitative estimate of drug-likeness (QED) is 0.166. The molecule has 0 unspecified atom stereocenters. The van der Waals surface area contributed by atoms with Crippen molar-refractivity contribution < 1.29 is 4.42 Å². The summed E-state index contributed by atoms with van der Waals surface area (Å²) >= 11 is 0. The van der Waals surface area contributed by atoms with Crippen LogP contribution in [0.4, 0.5) is 17.1 Å². The van der Waals surface area contributed by atoms with Gasteiger partial charge in [-0.05, 0) is 116 Å². The Morgan fingerprint density at radius 2 is 0.904 bits per heavy atom. The number of rotatable bonds is 6. The SMILES string of the molecule is c1ccc(-c2ccc(N(c3ccc(-c4ccc5c(c4)oc4cnccc45)cc3)c3ccc(-c4cc5ccccc5c5ccccc45)cc3)cc2)cc1. The molecule has 0 N–H and O–H groups in total. The van der Waals surface area contributed by atoms with E-state index in [-0.39, 0.29) is 0 Å². The Morgan fingerprint density at radius 1 is 0.365 bits per heavy atom. The summed E-state index contributed by atoms with van der Waals surface area (Å²) in [6, 6.07) is 65.3. The molecule has 3 heteroatoms. The minimum atomic E-state index is 0.804. The van der Waals surface area contributed by atoms with E-state index in [0.29, 0.717) is 0 Å². The van der Waals surface area contributed by atoms with E-state index in [1.807, 2.05) is 12.3 Å². The third kappa shape index (κ3) is 5.19. The van der Waals surface area contributed by atoms with Crippen molar-refractivity contribution in [3.63, 3.8) is 0 Å². The Balaban J connectivity index is 1.05. The first kappa shape index (κ1) is 29.9. The van der Waals surface area contributed by atoms with Gasteiger partial charge < -0.3 is 9.32 Å². The summed E-state index contributed by atoms with van der Waals surface area (Å²) in [6.07, 6.45) is 3.59. The highest BCUT2D eigenvalue weighted by atomic mass is 16.3. The van der Waals surface area contributed by atoms with Gasteiger partial charge in [0.15, 0.2) is 5.58 Å². The molecule has 3 nitrogen and oxygen atoms in total. The maximum atomic E-state index is 6.15. The summed E-state index contributed by atoms with van der Waals surface area (Å²) in [5, 5.41) is 7.24. The van der Waals surface area contributed by atoms with Crippen LogP contribution in [0.2, 0.25) is 0 Å². The van der Waals surface area contributed by atoms with E-state index < -0.39 is 0 Å². The molecule has 0 bridgehead atoms. The molecule has 0 aliphatic rings. The van der Waals surface area contributed by atoms with Crippen molar-refractivity contribution in [2.45, 2.75) is 0 Å². The number of furan rings is 1. The van der Waals surface area contributed by atoms with Crippen molar-refractivity contribution >= 4 is 60.5 Å². The third-order valence-electron chi connectivity index (χ3n) is 10.2. The highest BCUT2D eigenvalue weighted by Crippen LogP contribution is 2.40. The predicted molar refractivity (Wildman–Crippen MR) is 218 cm³/mol. The number of hydrogen-bond acceptors (Lipinski definition) is 3. The van der Waals surface area contributed by atoms with Gasteiger partial charge in [-0.25, -0.2) is 0 Å². The van der Waals surface area contributed by atoms with Gasteiger partial charge in [0.25, 0.3) is 0 Å². The van der Waals surface area contributed by atoms with Gasteiger partial charge in [0.1, 0.15) is 5.58 Å². The van der Waals surface area contributed by atoms with Gasteiger partial charge in [-0.3, -0.25) is 4.98 Å². The second-order valence-corrected chi connectivity index (χ2v) is 13.2. The normalized spacial score (nSPS) is 11.5. The molecule has 2 heterocycles. The summed E-state index contributed by atoms with van der Waals surface area (Å²) in [7, 11) is 0. The first-order valence-corrected chi connectivity index (χ1v) is 17.6. The molecule has 0 amide bonds. The Morgan fingerprint density at radius 3 is 1.62 bits per heavy atom. The van der Waals surface area contributed by atoms with E-state index in [1.165, 1.54) is 43.8 Å². The van der Waals surface area contributed by atoms with Crippen LogP contribution in [0.1, 0.15) is 0 Å². The summed E-state index contributed by atoms with van der Waals surface area (Å²) < 4.78 is 6.15. The molecule has 0 fully saturated rings. The van der Waals surface area contributed by atoms with E-state index >= 15 is 0 Å². The van der Waals surface area contributed by atoms with Crippen LogP contribution in [-0.4, -0.2) is 4.98 Å². The van der Waals surface area contributed by atoms with Crippen molar-refractivity contribution in [3.05, 3.63) is 194 Å². The molecule has 8 aromatic carbocycles. The first-order chi connectivity index (χ1) is 25.8. The second kappa shape index (κ2) is 12.4. The van der Waals surface area contributed by atoms with E-state index in [0.717, 1.165) is 50.1 Å². The number of pyridine rings is 1. The Hall–Kier alpha value is -6.97. The maximum absolute atomic E-state index is 6.15. The Labute approximate surface area is 301 Å². The zero-order valence-electron chi connectivity index (χ0n) is 28.3. The van der Waals surface area contributed by atoms with Crippen LogP contribution in [0.25, 0.3) is 76.9 Å². The molecule has 0 atom stereocenters. The lowest BCUT2D eigenvalue weighted by Crippen LogP contribution is -2.09. The van der Waals surface area contributed by atoms with Crippen LogP contribution in [0.5, 0.6) is 0 Å². The zero-order valence-corrected chi connectivity index (χ0v) is 28.3. The van der Waals surface area contributed by atoms with Crippen LogP contribution in [0, 0.1) is 0 Å². The molecular formula is C49H32N2O. The van der Waals surface area contributed by atoms with Gasteiger partial charge >= 0.3 is 0 Å². The monoisotopic (exact) mass is 664 g/mol. The Bertz CT molecular complexity index is 2870. The summed E-state index contributed by atoms with van der Waals surface area (Å²) in [5.74, 6) is 0. The smallest absolute Gasteiger partial charge is 0.153 e. The Kier molecular flexibility index (Phi) is 7.14. The van der Waals surface area contributed by atoms with Gasteiger partial charge in [-0.1, -0.05) is 121 Å². The molecule has 0 aliphatic heterocycles. The molecule has 0 radical (unpaired) electrons. The lowest BCUT2D eigenvalue weighted by atomic mass is 9.93. The number of hydrogen-bond donors (Lipinski definition) is 0. The minimum absolute atomic E-state index is 0.804. The van der Waals surface area contributed by atoms with Crippen LogP contribution < -0.4 is 4.90 Å². The fourth-order valence-corrected chi connectivity index (χ4v) is 7.58. The maximum Gasteiger partial charge on any atom is 0.153 e. The van der Waals surface area contributed by atoms with Crippen LogP contribution in [0.15, 0.2) is 199 Å². The van der Waals surface area contributed by atoms with E-state index in [2.05, 4.69) is 186 Å². The van der Waals surface area contributed by atoms with Crippen molar-refractivity contribution in [1.29, 1.82) is 0 Å². The zero-order chi connectivity index (χ0) is 34.4. The summed E-state index contributed by atoms with van der Waals surface area (Å²) in [4.78, 5) is 6.56. The molecule has 10 aromatic rings. The summed E-state index contributed by atoms with van der Waals surface area (Å²) in [5.41, 5.74) is 12.0. The minimum Gasteiger partial charge on any atom is -0.454 e. The number of fused-ring (bicyclic) bond motifs is 6. The number of anilines is 3. The lowest BCUT2D eigenvalue weighted by Gasteiger charge is -2.26. The average molecular weight is 665 g/mol. The molecule has 0 aliphatic carbocycles. The van der Waals surface area contributed by atoms with Gasteiger partial charge in [-0.15, -0.1) is 0 Å². The lowest BCUT2D eigenvalue weighted by molar-refractivity contribution is 0.667. The molecule has 52 heavy (non-hydrogen) atoms. The van der Waals surface area contributed by atoms with Crippen LogP contribution in [-0.2, 0) is 0 Å². The van der Waals surface area contributed by atoms with Gasteiger partial charge in [0.2, 0.25) is 0 Å². The van der Waals surface area contributed by atoms with E-state index in [9.17, 15) is 0 Å². The largest absolute Gasteiger partial charge is 0.454 e. The van der Waals surface area contributed by atoms with Crippen LogP contribution >= 0.6 is 0 Å². The highest BCUT2D eigenvalue weighted by Gasteiger charge is 2.16. The predicted octanol–water partition coefficient (Wildman–Crippen LogP) is 13.8. The first-order valence-electron chi connectivity index (χ1n) is 17.6. The molecule has 0 saturated carbocycles. The molecule has 10 rings (SSSR count). The molecular weight excluding hydrogens is 633 g/mol. The molecule has 244 valence electrons. The number of aromatic nitrogens is 1. The fraction of sp³-hybridized carbons (Fsp3) is 0. The van der Waals surface area contributed by atoms with Crippen molar-refractivity contribution in [2.24, 2.45) is 0 Å². The molecule has 2 aromatic heterocycles. The fourth-order valence-electron chi connectivity index (χ4n) is 7.58. The van der Waals surface area contributed by atoms with Crippen molar-refractivity contribution in [2.75, 3.05) is 4.90 Å². The van der Waals surface area contributed by atoms with Gasteiger partial charge in [0.05, 0.1) is 6.20 Å². The topological polar surface area (TPSA) is 29.3 Å². The number of nitrogens with zero attached hydrogens (tertiary/aromatic N) is 2.